The van der Waals surface area contributed by atoms with Crippen molar-refractivity contribution in [2.75, 3.05) is 62.5 Å². The normalized spacial score (nSPS) is 22.2. The number of fused-ring (bicyclic) bond motifs is 3. The molecular weight excluding hydrogens is 696 g/mol. The summed E-state index contributed by atoms with van der Waals surface area (Å²) in [5.41, 5.74) is 2.62. The lowest BCUT2D eigenvalue weighted by molar-refractivity contribution is -0.0344. The smallest absolute Gasteiger partial charge is 0.337 e. The van der Waals surface area contributed by atoms with Crippen molar-refractivity contribution in [3.05, 3.63) is 75.0 Å². The number of carbonyl (C=O) groups is 2. The van der Waals surface area contributed by atoms with E-state index in [4.69, 9.17) is 32.7 Å². The second kappa shape index (κ2) is 12.6. The van der Waals surface area contributed by atoms with E-state index in [1.54, 1.807) is 30.3 Å². The van der Waals surface area contributed by atoms with Crippen LogP contribution in [0.4, 0.5) is 15.8 Å². The second-order valence-electron chi connectivity index (χ2n) is 15.3. The van der Waals surface area contributed by atoms with Gasteiger partial charge in [0.15, 0.2) is 6.73 Å². The van der Waals surface area contributed by atoms with E-state index in [9.17, 15) is 20.0 Å². The van der Waals surface area contributed by atoms with Crippen LogP contribution in [0.25, 0.3) is 11.1 Å². The molecule has 2 atom stereocenters. The van der Waals surface area contributed by atoms with E-state index in [-0.39, 0.29) is 68.8 Å². The predicted molar refractivity (Wildman–Crippen MR) is 191 cm³/mol. The van der Waals surface area contributed by atoms with Gasteiger partial charge in [-0.1, -0.05) is 41.4 Å². The second-order valence-corrected chi connectivity index (χ2v) is 16.2. The summed E-state index contributed by atoms with van der Waals surface area (Å²) in [5.74, 6) is -1.81. The minimum Gasteiger partial charge on any atom is -0.478 e. The number of nitriles is 1. The highest BCUT2D eigenvalue weighted by molar-refractivity contribution is 6.40. The molecule has 10 nitrogen and oxygen atoms in total. The number of hydrogen-bond acceptors (Lipinski definition) is 8. The Bertz CT molecular complexity index is 1950. The Morgan fingerprint density at radius 1 is 1.04 bits per heavy atom. The number of carboxylic acid groups (broad SMARTS) is 1. The molecule has 8 rings (SSSR count). The maximum atomic E-state index is 15.7. The minimum atomic E-state index is -1.19. The summed E-state index contributed by atoms with van der Waals surface area (Å²) < 4.78 is 27.6. The number of ether oxygens (including phenoxy) is 2. The molecule has 1 spiro atoms. The lowest BCUT2D eigenvalue weighted by atomic mass is 9.71. The Kier molecular flexibility index (Phi) is 8.37. The Hall–Kier alpha value is -4.08. The fourth-order valence-electron chi connectivity index (χ4n) is 8.65. The van der Waals surface area contributed by atoms with Crippen molar-refractivity contribution in [2.45, 2.75) is 45.3 Å². The van der Waals surface area contributed by atoms with Crippen molar-refractivity contribution >= 4 is 46.5 Å². The van der Waals surface area contributed by atoms with Crippen molar-refractivity contribution in [1.29, 1.82) is 5.26 Å². The highest BCUT2D eigenvalue weighted by Gasteiger charge is 2.52. The van der Waals surface area contributed by atoms with Crippen LogP contribution in [0.15, 0.2) is 42.5 Å². The van der Waals surface area contributed by atoms with E-state index < -0.39 is 11.8 Å². The van der Waals surface area contributed by atoms with Gasteiger partial charge >= 0.3 is 5.97 Å². The molecule has 2 unspecified atom stereocenters. The maximum Gasteiger partial charge on any atom is 0.337 e. The molecule has 1 amide bonds. The van der Waals surface area contributed by atoms with Crippen LogP contribution >= 0.6 is 23.2 Å². The van der Waals surface area contributed by atoms with Crippen LogP contribution in [0.2, 0.25) is 10.0 Å². The fourth-order valence-corrected chi connectivity index (χ4v) is 9.29. The van der Waals surface area contributed by atoms with Crippen molar-refractivity contribution in [3.8, 4) is 22.9 Å². The van der Waals surface area contributed by atoms with E-state index >= 15 is 4.39 Å². The molecule has 3 aromatic carbocycles. The van der Waals surface area contributed by atoms with E-state index in [1.165, 1.54) is 4.90 Å². The Labute approximate surface area is 305 Å². The number of hydrogen-bond donors (Lipinski definition) is 1. The first-order valence-electron chi connectivity index (χ1n) is 17.2. The molecule has 51 heavy (non-hydrogen) atoms. The van der Waals surface area contributed by atoms with Gasteiger partial charge in [-0.25, -0.2) is 9.18 Å². The van der Waals surface area contributed by atoms with Crippen LogP contribution in [0.1, 0.15) is 53.0 Å². The van der Waals surface area contributed by atoms with E-state index in [2.05, 4.69) is 20.8 Å². The van der Waals surface area contributed by atoms with Crippen LogP contribution in [0.3, 0.4) is 0 Å². The Morgan fingerprint density at radius 3 is 2.37 bits per heavy atom. The van der Waals surface area contributed by atoms with E-state index in [0.717, 1.165) is 57.3 Å². The highest BCUT2D eigenvalue weighted by Crippen LogP contribution is 2.46. The number of morpholine rings is 1. The van der Waals surface area contributed by atoms with Gasteiger partial charge in [0.25, 0.3) is 5.91 Å². The number of rotatable bonds is 7. The highest BCUT2D eigenvalue weighted by atomic mass is 35.5. The number of anilines is 2. The predicted octanol–water partition coefficient (Wildman–Crippen LogP) is 6.53. The van der Waals surface area contributed by atoms with E-state index in [1.807, 2.05) is 19.9 Å². The number of likely N-dealkylation sites (tertiary alicyclic amines) is 1. The first kappa shape index (κ1) is 34.0. The average Bonchev–Trinajstić information content (AvgIpc) is 3.30. The summed E-state index contributed by atoms with van der Waals surface area (Å²) in [6.45, 7) is 9.32. The fraction of sp³-hybridized carbons (Fsp3) is 0.447. The molecule has 1 N–H and O–H groups in total. The molecule has 266 valence electrons. The number of benzene rings is 3. The molecule has 0 saturated carbocycles. The van der Waals surface area contributed by atoms with Crippen molar-refractivity contribution < 1.29 is 28.6 Å². The molecule has 13 heteroatoms. The SMILES string of the molecule is CC(C)(C#N)CN1CC2(C1)CN(c1cc(Cl)c(C(=O)N3COc4c(cccc4-c4cc(N5C6CCC5COC6)c(C(=O)O)cc4F)C3)c(Cl)c1)C2. The monoisotopic (exact) mass is 733 g/mol. The molecule has 5 aliphatic rings. The number of aromatic carboxylic acids is 1. The molecule has 3 aromatic rings. The molecule has 4 saturated heterocycles. The van der Waals surface area contributed by atoms with Gasteiger partial charge < -0.3 is 34.2 Å². The summed E-state index contributed by atoms with van der Waals surface area (Å²) in [4.78, 5) is 34.2. The van der Waals surface area contributed by atoms with Gasteiger partial charge in [0, 0.05) is 60.5 Å². The molecule has 5 heterocycles. The summed E-state index contributed by atoms with van der Waals surface area (Å²) in [5, 5.41) is 19.9. The lowest BCUT2D eigenvalue weighted by Crippen LogP contribution is -2.72. The number of halogens is 3. The van der Waals surface area contributed by atoms with Gasteiger partial charge in [0.05, 0.1) is 70.2 Å². The summed E-state index contributed by atoms with van der Waals surface area (Å²) in [7, 11) is 0. The summed E-state index contributed by atoms with van der Waals surface area (Å²) in [6, 6.07) is 14.0. The van der Waals surface area contributed by atoms with Gasteiger partial charge in [-0.15, -0.1) is 0 Å². The van der Waals surface area contributed by atoms with Crippen molar-refractivity contribution in [2.24, 2.45) is 10.8 Å². The first-order valence-corrected chi connectivity index (χ1v) is 18.0. The third-order valence-corrected chi connectivity index (χ3v) is 11.5. The Morgan fingerprint density at radius 2 is 1.73 bits per heavy atom. The molecule has 0 aromatic heterocycles. The Balaban J connectivity index is 0.993. The van der Waals surface area contributed by atoms with Gasteiger partial charge in [-0.2, -0.15) is 5.26 Å². The molecule has 0 aliphatic carbocycles. The van der Waals surface area contributed by atoms with Gasteiger partial charge in [-0.3, -0.25) is 4.79 Å². The molecule has 2 bridgehead atoms. The largest absolute Gasteiger partial charge is 0.478 e. The third kappa shape index (κ3) is 5.96. The molecule has 0 radical (unpaired) electrons. The van der Waals surface area contributed by atoms with Crippen LogP contribution in [0, 0.1) is 28.0 Å². The minimum absolute atomic E-state index is 0.0262. The van der Waals surface area contributed by atoms with Gasteiger partial charge in [0.2, 0.25) is 0 Å². The number of carboxylic acids is 1. The summed E-state index contributed by atoms with van der Waals surface area (Å²) >= 11 is 13.5. The number of para-hydroxylation sites is 1. The first-order chi connectivity index (χ1) is 24.3. The van der Waals surface area contributed by atoms with Gasteiger partial charge in [0.1, 0.15) is 11.6 Å². The van der Waals surface area contributed by atoms with Gasteiger partial charge in [-0.05, 0) is 51.0 Å². The topological polar surface area (TPSA) is 110 Å². The van der Waals surface area contributed by atoms with Crippen molar-refractivity contribution in [1.82, 2.24) is 9.80 Å². The van der Waals surface area contributed by atoms with Crippen LogP contribution < -0.4 is 14.5 Å². The van der Waals surface area contributed by atoms with Crippen molar-refractivity contribution in [3.63, 3.8) is 0 Å². The molecule has 5 aliphatic heterocycles. The van der Waals surface area contributed by atoms with Crippen LogP contribution in [0.5, 0.6) is 5.75 Å². The lowest BCUT2D eigenvalue weighted by Gasteiger charge is -2.61. The molecular formula is C38H38Cl2FN5O5. The van der Waals surface area contributed by atoms with E-state index in [0.29, 0.717) is 35.8 Å². The molecule has 4 fully saturated rings. The zero-order valence-electron chi connectivity index (χ0n) is 28.4. The quantitative estimate of drug-likeness (QED) is 0.290. The standard InChI is InChI=1S/C38H38Cl2FN5O5/c1-37(2,15-42)16-43-17-38(18-43)19-45(20-38)25-8-29(39)33(30(40)9-25)35(47)44-12-22-4-3-5-26(34(22)51-21-44)27-11-32(28(36(48)49)10-31(27)41)46-23-6-7-24(46)14-50-13-23/h3-5,8-11,23-24H,6-7,12-14,16-21H2,1-2H3,(H,48,49). The number of carbonyl (C=O) groups excluding carboxylic acids is 1. The maximum absolute atomic E-state index is 15.7. The summed E-state index contributed by atoms with van der Waals surface area (Å²) in [6.07, 6.45) is 1.75. The zero-order chi connectivity index (χ0) is 35.8. The van der Waals surface area contributed by atoms with Crippen LogP contribution in [-0.4, -0.2) is 91.5 Å². The number of amides is 1. The zero-order valence-corrected chi connectivity index (χ0v) is 29.9. The third-order valence-electron chi connectivity index (χ3n) is 10.9. The van der Waals surface area contributed by atoms with Crippen LogP contribution in [-0.2, 0) is 11.3 Å². The number of nitrogens with zero attached hydrogens (tertiary/aromatic N) is 5. The average molecular weight is 735 g/mol.